The molecule has 2 atom stereocenters. The van der Waals surface area contributed by atoms with Crippen molar-refractivity contribution in [1.82, 2.24) is 10.3 Å². The fourth-order valence-electron chi connectivity index (χ4n) is 2.38. The summed E-state index contributed by atoms with van der Waals surface area (Å²) in [6.07, 6.45) is 6.49. The molecule has 1 saturated carbocycles. The van der Waals surface area contributed by atoms with Crippen LogP contribution in [0.5, 0.6) is 0 Å². The summed E-state index contributed by atoms with van der Waals surface area (Å²) >= 11 is 0. The van der Waals surface area contributed by atoms with Gasteiger partial charge in [-0.05, 0) is 25.0 Å². The highest BCUT2D eigenvalue weighted by Crippen LogP contribution is 2.18. The van der Waals surface area contributed by atoms with E-state index in [1.807, 2.05) is 18.2 Å². The molecule has 98 valence electrons. The van der Waals surface area contributed by atoms with E-state index in [-0.39, 0.29) is 18.4 Å². The third kappa shape index (κ3) is 3.81. The monoisotopic (exact) mass is 248 g/mol. The van der Waals surface area contributed by atoms with E-state index < -0.39 is 6.10 Å². The average molecular weight is 248 g/mol. The summed E-state index contributed by atoms with van der Waals surface area (Å²) in [6.45, 7) is 0. The zero-order valence-corrected chi connectivity index (χ0v) is 10.5. The van der Waals surface area contributed by atoms with Crippen molar-refractivity contribution in [3.63, 3.8) is 0 Å². The lowest BCUT2D eigenvalue weighted by Gasteiger charge is -2.21. The number of nitrogens with one attached hydrogen (secondary N) is 1. The van der Waals surface area contributed by atoms with E-state index in [0.717, 1.165) is 37.8 Å². The summed E-state index contributed by atoms with van der Waals surface area (Å²) in [5.41, 5.74) is 0.762. The number of nitrogens with zero attached hydrogens (tertiary/aromatic N) is 1. The first kappa shape index (κ1) is 13.0. The molecule has 0 saturated heterocycles. The van der Waals surface area contributed by atoms with Gasteiger partial charge < -0.3 is 10.4 Å². The second kappa shape index (κ2) is 6.50. The molecule has 1 aromatic rings. The first-order chi connectivity index (χ1) is 8.75. The summed E-state index contributed by atoms with van der Waals surface area (Å²) in [5, 5.41) is 12.9. The van der Waals surface area contributed by atoms with Crippen molar-refractivity contribution in [3.8, 4) is 0 Å². The molecule has 1 heterocycles. The van der Waals surface area contributed by atoms with Gasteiger partial charge in [-0.3, -0.25) is 9.78 Å². The summed E-state index contributed by atoms with van der Waals surface area (Å²) in [4.78, 5) is 16.0. The van der Waals surface area contributed by atoms with Crippen molar-refractivity contribution in [2.75, 3.05) is 0 Å². The number of rotatable bonds is 3. The Balaban J connectivity index is 1.86. The lowest BCUT2D eigenvalue weighted by molar-refractivity contribution is -0.122. The summed E-state index contributed by atoms with van der Waals surface area (Å²) in [7, 11) is 0. The Morgan fingerprint density at radius 3 is 2.94 bits per heavy atom. The van der Waals surface area contributed by atoms with Crippen LogP contribution in [-0.2, 0) is 11.2 Å². The topological polar surface area (TPSA) is 62.2 Å². The van der Waals surface area contributed by atoms with Crippen LogP contribution in [0, 0.1) is 0 Å². The fraction of sp³-hybridized carbons (Fsp3) is 0.571. The number of aliphatic hydroxyl groups excluding tert-OH is 1. The van der Waals surface area contributed by atoms with Crippen molar-refractivity contribution in [2.24, 2.45) is 0 Å². The molecule has 1 aliphatic rings. The van der Waals surface area contributed by atoms with Gasteiger partial charge in [-0.1, -0.05) is 25.3 Å². The van der Waals surface area contributed by atoms with Gasteiger partial charge in [0.05, 0.1) is 18.6 Å². The van der Waals surface area contributed by atoms with Crippen molar-refractivity contribution >= 4 is 5.91 Å². The first-order valence-corrected chi connectivity index (χ1v) is 6.63. The molecule has 0 spiro atoms. The van der Waals surface area contributed by atoms with Crippen LogP contribution in [0.25, 0.3) is 0 Å². The zero-order valence-electron chi connectivity index (χ0n) is 10.5. The Labute approximate surface area is 107 Å². The van der Waals surface area contributed by atoms with E-state index in [4.69, 9.17) is 0 Å². The minimum absolute atomic E-state index is 0.0559. The van der Waals surface area contributed by atoms with Crippen LogP contribution in [0.15, 0.2) is 24.4 Å². The van der Waals surface area contributed by atoms with E-state index in [1.165, 1.54) is 0 Å². The number of aromatic nitrogens is 1. The molecule has 2 N–H and O–H groups in total. The molecule has 1 aliphatic carbocycles. The second-order valence-corrected chi connectivity index (χ2v) is 4.88. The Kier molecular flexibility index (Phi) is 4.70. The van der Waals surface area contributed by atoms with E-state index in [1.54, 1.807) is 6.20 Å². The van der Waals surface area contributed by atoms with Crippen LogP contribution in [0.1, 0.15) is 37.8 Å². The van der Waals surface area contributed by atoms with Crippen molar-refractivity contribution in [1.29, 1.82) is 0 Å². The molecule has 0 aromatic carbocycles. The minimum Gasteiger partial charge on any atom is -0.391 e. The molecule has 0 bridgehead atoms. The number of carbonyl (C=O) groups excluding carboxylic acids is 1. The average Bonchev–Trinajstić information content (AvgIpc) is 2.56. The molecule has 1 amide bonds. The summed E-state index contributed by atoms with van der Waals surface area (Å²) in [5.74, 6) is -0.0559. The maximum Gasteiger partial charge on any atom is 0.226 e. The molecule has 18 heavy (non-hydrogen) atoms. The largest absolute Gasteiger partial charge is 0.391 e. The highest BCUT2D eigenvalue weighted by Gasteiger charge is 2.23. The van der Waals surface area contributed by atoms with Crippen LogP contribution in [-0.4, -0.2) is 28.1 Å². The quantitative estimate of drug-likeness (QED) is 0.796. The molecular formula is C14H20N2O2. The lowest BCUT2D eigenvalue weighted by atomic mass is 10.1. The number of carbonyl (C=O) groups is 1. The van der Waals surface area contributed by atoms with Crippen molar-refractivity contribution < 1.29 is 9.90 Å². The van der Waals surface area contributed by atoms with E-state index in [9.17, 15) is 9.90 Å². The highest BCUT2D eigenvalue weighted by atomic mass is 16.3. The minimum atomic E-state index is -0.403. The van der Waals surface area contributed by atoms with Gasteiger partial charge in [-0.2, -0.15) is 0 Å². The Bertz CT molecular complexity index is 381. The van der Waals surface area contributed by atoms with Crippen LogP contribution >= 0.6 is 0 Å². The van der Waals surface area contributed by atoms with E-state index in [0.29, 0.717) is 0 Å². The smallest absolute Gasteiger partial charge is 0.226 e. The normalized spacial score (nSPS) is 24.3. The standard InChI is InChI=1S/C14H20N2O2/c17-13-8-3-1-2-7-12(13)16-14(18)10-11-6-4-5-9-15-11/h4-6,9,12-13,17H,1-3,7-8,10H2,(H,16,18). The predicted molar refractivity (Wildman–Crippen MR) is 69.0 cm³/mol. The number of hydrogen-bond donors (Lipinski definition) is 2. The molecular weight excluding hydrogens is 228 g/mol. The summed E-state index contributed by atoms with van der Waals surface area (Å²) < 4.78 is 0. The van der Waals surface area contributed by atoms with Gasteiger partial charge >= 0.3 is 0 Å². The van der Waals surface area contributed by atoms with Crippen LogP contribution in [0.2, 0.25) is 0 Å². The zero-order chi connectivity index (χ0) is 12.8. The van der Waals surface area contributed by atoms with Gasteiger partial charge in [0, 0.05) is 11.9 Å². The summed E-state index contributed by atoms with van der Waals surface area (Å²) in [6, 6.07) is 5.44. The van der Waals surface area contributed by atoms with Crippen molar-refractivity contribution in [3.05, 3.63) is 30.1 Å². The molecule has 2 rings (SSSR count). The Hall–Kier alpha value is -1.42. The second-order valence-electron chi connectivity index (χ2n) is 4.88. The van der Waals surface area contributed by atoms with Gasteiger partial charge in [0.15, 0.2) is 0 Å². The third-order valence-electron chi connectivity index (χ3n) is 3.39. The molecule has 1 aromatic heterocycles. The molecule has 0 aliphatic heterocycles. The Morgan fingerprint density at radius 2 is 2.17 bits per heavy atom. The number of pyridine rings is 1. The molecule has 1 fully saturated rings. The molecule has 2 unspecified atom stereocenters. The van der Waals surface area contributed by atoms with Gasteiger partial charge in [0.1, 0.15) is 0 Å². The fourth-order valence-corrected chi connectivity index (χ4v) is 2.38. The third-order valence-corrected chi connectivity index (χ3v) is 3.39. The SMILES string of the molecule is O=C(Cc1ccccn1)NC1CCCCCC1O. The van der Waals surface area contributed by atoms with Gasteiger partial charge in [-0.15, -0.1) is 0 Å². The van der Waals surface area contributed by atoms with E-state index in [2.05, 4.69) is 10.3 Å². The van der Waals surface area contributed by atoms with Gasteiger partial charge in [0.2, 0.25) is 5.91 Å². The predicted octanol–water partition coefficient (Wildman–Crippen LogP) is 1.43. The van der Waals surface area contributed by atoms with Crippen LogP contribution < -0.4 is 5.32 Å². The molecule has 0 radical (unpaired) electrons. The van der Waals surface area contributed by atoms with Gasteiger partial charge in [-0.25, -0.2) is 0 Å². The first-order valence-electron chi connectivity index (χ1n) is 6.63. The van der Waals surface area contributed by atoms with Crippen LogP contribution in [0.4, 0.5) is 0 Å². The number of amides is 1. The van der Waals surface area contributed by atoms with E-state index >= 15 is 0 Å². The molecule has 4 nitrogen and oxygen atoms in total. The number of aliphatic hydroxyl groups is 1. The van der Waals surface area contributed by atoms with Crippen LogP contribution in [0.3, 0.4) is 0 Å². The maximum atomic E-state index is 11.9. The number of hydrogen-bond acceptors (Lipinski definition) is 3. The highest BCUT2D eigenvalue weighted by molar-refractivity contribution is 5.78. The Morgan fingerprint density at radius 1 is 1.33 bits per heavy atom. The van der Waals surface area contributed by atoms with Gasteiger partial charge in [0.25, 0.3) is 0 Å². The maximum absolute atomic E-state index is 11.9. The van der Waals surface area contributed by atoms with Crippen molar-refractivity contribution in [2.45, 2.75) is 50.7 Å². The lowest BCUT2D eigenvalue weighted by Crippen LogP contribution is -2.43. The molecule has 4 heteroatoms.